The van der Waals surface area contributed by atoms with Crippen LogP contribution in [0.2, 0.25) is 0 Å². The molecule has 0 bridgehead atoms. The fraction of sp³-hybridized carbons (Fsp3) is 0.545. The van der Waals surface area contributed by atoms with Gasteiger partial charge in [-0.05, 0) is 43.9 Å². The van der Waals surface area contributed by atoms with Crippen molar-refractivity contribution < 1.29 is 23.9 Å². The van der Waals surface area contributed by atoms with Crippen LogP contribution in [0.5, 0.6) is 0 Å². The molecule has 0 saturated heterocycles. The van der Waals surface area contributed by atoms with E-state index in [-0.39, 0.29) is 40.8 Å². The molecule has 3 rings (SSSR count). The number of hydrogen-bond acceptors (Lipinski definition) is 5. The molecule has 1 aliphatic carbocycles. The Labute approximate surface area is 170 Å². The summed E-state index contributed by atoms with van der Waals surface area (Å²) in [6, 6.07) is 4.30. The van der Waals surface area contributed by atoms with Crippen molar-refractivity contribution in [2.45, 2.75) is 65.0 Å². The van der Waals surface area contributed by atoms with Gasteiger partial charge in [0.05, 0.1) is 16.7 Å². The molecule has 1 fully saturated rings. The Morgan fingerprint density at radius 3 is 2.38 bits per heavy atom. The normalized spacial score (nSPS) is 18.0. The summed E-state index contributed by atoms with van der Waals surface area (Å²) in [5, 5.41) is 2.71. The monoisotopic (exact) mass is 400 g/mol. The van der Waals surface area contributed by atoms with Gasteiger partial charge < -0.3 is 10.1 Å². The fourth-order valence-corrected chi connectivity index (χ4v) is 3.79. The molecule has 0 aromatic heterocycles. The first kappa shape index (κ1) is 21.0. The number of amides is 3. The highest BCUT2D eigenvalue weighted by Gasteiger charge is 2.40. The van der Waals surface area contributed by atoms with Crippen LogP contribution in [0.4, 0.5) is 0 Å². The summed E-state index contributed by atoms with van der Waals surface area (Å²) in [5.74, 6) is -1.43. The van der Waals surface area contributed by atoms with Crippen LogP contribution in [0, 0.1) is 5.92 Å². The van der Waals surface area contributed by atoms with Gasteiger partial charge in [0.15, 0.2) is 6.10 Å². The van der Waals surface area contributed by atoms with E-state index in [2.05, 4.69) is 5.32 Å². The number of rotatable bonds is 6. The Balaban J connectivity index is 1.70. The van der Waals surface area contributed by atoms with Gasteiger partial charge in [-0.3, -0.25) is 19.3 Å². The number of hydrogen-bond donors (Lipinski definition) is 1. The van der Waals surface area contributed by atoms with Gasteiger partial charge in [0.25, 0.3) is 17.7 Å². The van der Waals surface area contributed by atoms with E-state index < -0.39 is 12.1 Å². The minimum atomic E-state index is -0.953. The summed E-state index contributed by atoms with van der Waals surface area (Å²) in [5.41, 5.74) is 0.700. The van der Waals surface area contributed by atoms with Crippen LogP contribution < -0.4 is 5.32 Å². The second-order valence-corrected chi connectivity index (χ2v) is 8.22. The van der Waals surface area contributed by atoms with Crippen LogP contribution in [0.3, 0.4) is 0 Å². The first-order valence-electron chi connectivity index (χ1n) is 10.3. The third kappa shape index (κ3) is 4.49. The van der Waals surface area contributed by atoms with Crippen molar-refractivity contribution in [1.29, 1.82) is 0 Å². The van der Waals surface area contributed by atoms with Crippen molar-refractivity contribution in [3.8, 4) is 0 Å². The van der Waals surface area contributed by atoms with E-state index in [1.807, 2.05) is 13.8 Å². The highest BCUT2D eigenvalue weighted by molar-refractivity contribution is 6.22. The van der Waals surface area contributed by atoms with E-state index in [1.165, 1.54) is 30.0 Å². The minimum Gasteiger partial charge on any atom is -0.449 e. The largest absolute Gasteiger partial charge is 0.449 e. The Kier molecular flexibility index (Phi) is 6.35. The maximum absolute atomic E-state index is 12.8. The van der Waals surface area contributed by atoms with E-state index >= 15 is 0 Å². The van der Waals surface area contributed by atoms with Gasteiger partial charge in [-0.2, -0.15) is 0 Å². The van der Waals surface area contributed by atoms with Gasteiger partial charge in [-0.25, -0.2) is 4.79 Å². The molecule has 3 amide bonds. The molecule has 1 saturated carbocycles. The first-order valence-corrected chi connectivity index (χ1v) is 10.3. The summed E-state index contributed by atoms with van der Waals surface area (Å²) in [7, 11) is 0. The van der Waals surface area contributed by atoms with Gasteiger partial charge in [0.2, 0.25) is 0 Å². The Bertz CT molecular complexity index is 826. The second kappa shape index (κ2) is 8.76. The molecule has 0 unspecified atom stereocenters. The molecule has 7 nitrogen and oxygen atoms in total. The minimum absolute atomic E-state index is 0.0729. The molecule has 0 spiro atoms. The highest BCUT2D eigenvalue weighted by Crippen LogP contribution is 2.31. The van der Waals surface area contributed by atoms with Crippen LogP contribution >= 0.6 is 0 Å². The van der Waals surface area contributed by atoms with Crippen LogP contribution in [-0.4, -0.2) is 47.3 Å². The number of benzene rings is 1. The Hall–Kier alpha value is -2.70. The standard InChI is InChI=1S/C22H28N2O5/c1-13(2)12-23-19(25)14(3)29-22(28)15-9-10-17-18(11-15)21(27)24(20(17)26)16-7-5-4-6-8-16/h9-11,13-14,16H,4-8,12H2,1-3H3,(H,23,25)/t14-/m1/s1. The molecule has 0 radical (unpaired) electrons. The summed E-state index contributed by atoms with van der Waals surface area (Å²) in [6.45, 7) is 5.93. The molecule has 1 heterocycles. The number of nitrogens with one attached hydrogen (secondary N) is 1. The molecular formula is C22H28N2O5. The van der Waals surface area contributed by atoms with Gasteiger partial charge in [0.1, 0.15) is 0 Å². The average Bonchev–Trinajstić information content (AvgIpc) is 2.96. The van der Waals surface area contributed by atoms with E-state index in [9.17, 15) is 19.2 Å². The van der Waals surface area contributed by atoms with Crippen molar-refractivity contribution >= 4 is 23.7 Å². The Morgan fingerprint density at radius 2 is 1.72 bits per heavy atom. The summed E-state index contributed by atoms with van der Waals surface area (Å²) in [6.07, 6.45) is 3.83. The van der Waals surface area contributed by atoms with Crippen LogP contribution in [0.1, 0.15) is 83.9 Å². The van der Waals surface area contributed by atoms with Crippen molar-refractivity contribution in [3.05, 3.63) is 34.9 Å². The summed E-state index contributed by atoms with van der Waals surface area (Å²) < 4.78 is 5.23. The maximum Gasteiger partial charge on any atom is 0.338 e. The quantitative estimate of drug-likeness (QED) is 0.585. The summed E-state index contributed by atoms with van der Waals surface area (Å²) >= 11 is 0. The third-order valence-corrected chi connectivity index (χ3v) is 5.43. The molecular weight excluding hydrogens is 372 g/mol. The molecule has 1 atom stereocenters. The van der Waals surface area contributed by atoms with Crippen molar-refractivity contribution in [2.24, 2.45) is 5.92 Å². The first-order chi connectivity index (χ1) is 13.8. The Morgan fingerprint density at radius 1 is 1.07 bits per heavy atom. The van der Waals surface area contributed by atoms with E-state index in [0.29, 0.717) is 12.1 Å². The molecule has 156 valence electrons. The van der Waals surface area contributed by atoms with E-state index in [4.69, 9.17) is 4.74 Å². The second-order valence-electron chi connectivity index (χ2n) is 8.22. The molecule has 2 aliphatic rings. The van der Waals surface area contributed by atoms with Crippen LogP contribution in [-0.2, 0) is 9.53 Å². The molecule has 29 heavy (non-hydrogen) atoms. The van der Waals surface area contributed by atoms with Crippen molar-refractivity contribution in [2.75, 3.05) is 6.54 Å². The lowest BCUT2D eigenvalue weighted by Gasteiger charge is -2.29. The van der Waals surface area contributed by atoms with E-state index in [1.54, 1.807) is 0 Å². The van der Waals surface area contributed by atoms with Crippen molar-refractivity contribution in [3.63, 3.8) is 0 Å². The lowest BCUT2D eigenvalue weighted by Crippen LogP contribution is -2.40. The predicted molar refractivity (Wildman–Crippen MR) is 107 cm³/mol. The maximum atomic E-state index is 12.8. The van der Waals surface area contributed by atoms with Crippen LogP contribution in [0.25, 0.3) is 0 Å². The fourth-order valence-electron chi connectivity index (χ4n) is 3.79. The lowest BCUT2D eigenvalue weighted by atomic mass is 9.94. The van der Waals surface area contributed by atoms with Gasteiger partial charge in [-0.15, -0.1) is 0 Å². The number of imide groups is 1. The topological polar surface area (TPSA) is 92.8 Å². The summed E-state index contributed by atoms with van der Waals surface area (Å²) in [4.78, 5) is 51.4. The molecule has 1 N–H and O–H groups in total. The molecule has 1 aromatic carbocycles. The van der Waals surface area contributed by atoms with Gasteiger partial charge >= 0.3 is 5.97 Å². The molecule has 1 aromatic rings. The number of fused-ring (bicyclic) bond motifs is 1. The highest BCUT2D eigenvalue weighted by atomic mass is 16.5. The van der Waals surface area contributed by atoms with Crippen molar-refractivity contribution in [1.82, 2.24) is 10.2 Å². The predicted octanol–water partition coefficient (Wildman–Crippen LogP) is 2.93. The lowest BCUT2D eigenvalue weighted by molar-refractivity contribution is -0.129. The number of esters is 1. The average molecular weight is 400 g/mol. The number of carbonyl (C=O) groups is 4. The van der Waals surface area contributed by atoms with Crippen LogP contribution in [0.15, 0.2) is 18.2 Å². The number of ether oxygens (including phenoxy) is 1. The van der Waals surface area contributed by atoms with Gasteiger partial charge in [-0.1, -0.05) is 33.1 Å². The molecule has 7 heteroatoms. The molecule has 1 aliphatic heterocycles. The third-order valence-electron chi connectivity index (χ3n) is 5.43. The van der Waals surface area contributed by atoms with E-state index in [0.717, 1.165) is 32.1 Å². The zero-order valence-electron chi connectivity index (χ0n) is 17.2. The smallest absolute Gasteiger partial charge is 0.338 e. The number of nitrogens with zero attached hydrogens (tertiary/aromatic N) is 1. The number of carbonyl (C=O) groups excluding carboxylic acids is 4. The van der Waals surface area contributed by atoms with Gasteiger partial charge in [0, 0.05) is 12.6 Å². The zero-order chi connectivity index (χ0) is 21.1. The zero-order valence-corrected chi connectivity index (χ0v) is 17.2. The SMILES string of the molecule is CC(C)CNC(=O)[C@@H](C)OC(=O)c1ccc2c(c1)C(=O)N(C1CCCCC1)C2=O.